The van der Waals surface area contributed by atoms with E-state index in [0.717, 1.165) is 0 Å². The van der Waals surface area contributed by atoms with E-state index in [2.05, 4.69) is 31.6 Å². The predicted molar refractivity (Wildman–Crippen MR) is 32.8 cm³/mol. The maximum Gasteiger partial charge on any atom is 0.157 e. The molecule has 49 valence electrons. The topological polar surface area (TPSA) is 70.2 Å². The van der Waals surface area contributed by atoms with E-state index in [4.69, 9.17) is 0 Å². The van der Waals surface area contributed by atoms with Crippen LogP contribution in [0.5, 0.6) is 0 Å². The van der Waals surface area contributed by atoms with Crippen LogP contribution < -0.4 is 0 Å². The van der Waals surface area contributed by atoms with Gasteiger partial charge in [0.15, 0.2) is 5.82 Å². The van der Waals surface area contributed by atoms with Crippen LogP contribution >= 0.6 is 0 Å². The van der Waals surface area contributed by atoms with Gasteiger partial charge in [0.05, 0.1) is 0 Å². The van der Waals surface area contributed by atoms with Gasteiger partial charge in [-0.15, -0.1) is 5.10 Å². The fourth-order valence-corrected chi connectivity index (χ4v) is 0.683. The van der Waals surface area contributed by atoms with Gasteiger partial charge in [-0.1, -0.05) is 5.21 Å². The summed E-state index contributed by atoms with van der Waals surface area (Å²) >= 11 is 0. The first kappa shape index (κ1) is 5.16. The highest BCUT2D eigenvalue weighted by Crippen LogP contribution is 2.05. The molecule has 2 N–H and O–H groups in total. The summed E-state index contributed by atoms with van der Waals surface area (Å²) in [6.07, 6.45) is 6.01. The largest absolute Gasteiger partial charge is 0.343 e. The molecule has 0 saturated heterocycles. The van der Waals surface area contributed by atoms with E-state index in [1.165, 1.54) is 0 Å². The SMILES string of the molecule is [c]1nn[nH]c1-c1ncc[nH]1. The number of nitrogens with zero attached hydrogens (tertiary/aromatic N) is 3. The van der Waals surface area contributed by atoms with Crippen molar-refractivity contribution >= 4 is 0 Å². The Bertz CT molecular complexity index is 249. The van der Waals surface area contributed by atoms with Crippen LogP contribution in [0.2, 0.25) is 0 Å². The number of hydrogen-bond donors (Lipinski definition) is 2. The van der Waals surface area contributed by atoms with Gasteiger partial charge in [0.1, 0.15) is 11.9 Å². The number of H-pyrrole nitrogens is 2. The van der Waals surface area contributed by atoms with Crippen LogP contribution in [0.25, 0.3) is 11.5 Å². The van der Waals surface area contributed by atoms with Crippen LogP contribution in [0.4, 0.5) is 0 Å². The number of nitrogens with one attached hydrogen (secondary N) is 2. The van der Waals surface area contributed by atoms with Crippen LogP contribution in [-0.4, -0.2) is 25.4 Å². The summed E-state index contributed by atoms with van der Waals surface area (Å²) in [6.45, 7) is 0. The van der Waals surface area contributed by atoms with Crippen molar-refractivity contribution in [2.45, 2.75) is 0 Å². The van der Waals surface area contributed by atoms with E-state index < -0.39 is 0 Å². The molecule has 0 aliphatic carbocycles. The van der Waals surface area contributed by atoms with Crippen LogP contribution in [0.1, 0.15) is 0 Å². The minimum atomic E-state index is 0.671. The lowest BCUT2D eigenvalue weighted by molar-refractivity contribution is 0.938. The van der Waals surface area contributed by atoms with E-state index in [9.17, 15) is 0 Å². The smallest absolute Gasteiger partial charge is 0.157 e. The molecule has 0 aliphatic rings. The predicted octanol–water partition coefficient (Wildman–Crippen LogP) is -0.00501. The number of aromatic amines is 2. The lowest BCUT2D eigenvalue weighted by atomic mass is 10.5. The molecule has 1 radical (unpaired) electrons. The highest BCUT2D eigenvalue weighted by Gasteiger charge is 1.99. The highest BCUT2D eigenvalue weighted by atomic mass is 15.3. The molecule has 2 rings (SSSR count). The van der Waals surface area contributed by atoms with Gasteiger partial charge in [-0.25, -0.2) is 4.98 Å². The third kappa shape index (κ3) is 0.680. The minimum absolute atomic E-state index is 0.671. The van der Waals surface area contributed by atoms with Gasteiger partial charge in [-0.05, 0) is 0 Å². The molecule has 0 spiro atoms. The fraction of sp³-hybridized carbons (Fsp3) is 0. The molecule has 0 amide bonds. The van der Waals surface area contributed by atoms with Gasteiger partial charge >= 0.3 is 0 Å². The molecule has 0 aliphatic heterocycles. The summed E-state index contributed by atoms with van der Waals surface area (Å²) in [6, 6.07) is 0. The van der Waals surface area contributed by atoms with Gasteiger partial charge in [0, 0.05) is 12.4 Å². The number of hydrogen-bond acceptors (Lipinski definition) is 3. The molecule has 2 aromatic heterocycles. The van der Waals surface area contributed by atoms with Crippen molar-refractivity contribution in [1.82, 2.24) is 25.4 Å². The van der Waals surface area contributed by atoms with Gasteiger partial charge < -0.3 is 4.98 Å². The summed E-state index contributed by atoms with van der Waals surface area (Å²) in [5.74, 6) is 0.699. The van der Waals surface area contributed by atoms with E-state index in [0.29, 0.717) is 11.5 Å². The highest BCUT2D eigenvalue weighted by molar-refractivity contribution is 5.44. The molecule has 0 bridgehead atoms. The molecule has 2 aromatic rings. The third-order valence-corrected chi connectivity index (χ3v) is 1.11. The molecule has 5 nitrogen and oxygen atoms in total. The van der Waals surface area contributed by atoms with Crippen molar-refractivity contribution in [3.05, 3.63) is 18.6 Å². The van der Waals surface area contributed by atoms with E-state index >= 15 is 0 Å². The molecular weight excluding hydrogens is 130 g/mol. The Hall–Kier alpha value is -1.65. The maximum atomic E-state index is 3.96. The number of rotatable bonds is 1. The second kappa shape index (κ2) is 1.94. The first-order valence-corrected chi connectivity index (χ1v) is 2.75. The lowest BCUT2D eigenvalue weighted by Gasteiger charge is -1.83. The Kier molecular flexibility index (Phi) is 1.00. The second-order valence-corrected chi connectivity index (χ2v) is 1.74. The van der Waals surface area contributed by atoms with Crippen molar-refractivity contribution in [3.63, 3.8) is 0 Å². The molecule has 0 unspecified atom stereocenters. The van der Waals surface area contributed by atoms with Crippen molar-refractivity contribution in [3.8, 4) is 11.5 Å². The van der Waals surface area contributed by atoms with Crippen molar-refractivity contribution in [2.24, 2.45) is 0 Å². The van der Waals surface area contributed by atoms with Crippen LogP contribution in [0.15, 0.2) is 12.4 Å². The zero-order valence-electron chi connectivity index (χ0n) is 5.00. The first-order chi connectivity index (χ1) is 4.97. The van der Waals surface area contributed by atoms with Crippen LogP contribution in [0, 0.1) is 6.20 Å². The molecule has 2 heterocycles. The molecule has 5 heteroatoms. The zero-order valence-corrected chi connectivity index (χ0v) is 5.00. The summed E-state index contributed by atoms with van der Waals surface area (Å²) < 4.78 is 0. The van der Waals surface area contributed by atoms with Gasteiger partial charge in [0.2, 0.25) is 0 Å². The normalized spacial score (nSPS) is 10.0. The zero-order chi connectivity index (χ0) is 6.81. The van der Waals surface area contributed by atoms with E-state index in [1.54, 1.807) is 12.4 Å². The molecule has 10 heavy (non-hydrogen) atoms. The first-order valence-electron chi connectivity index (χ1n) is 2.75. The molecular formula is C5H4N5. The Morgan fingerprint density at radius 2 is 2.50 bits per heavy atom. The van der Waals surface area contributed by atoms with Gasteiger partial charge in [-0.3, -0.25) is 5.10 Å². The third-order valence-electron chi connectivity index (χ3n) is 1.11. The Morgan fingerprint density at radius 3 is 3.10 bits per heavy atom. The van der Waals surface area contributed by atoms with Crippen LogP contribution in [-0.2, 0) is 0 Å². The molecule has 0 fully saturated rings. The van der Waals surface area contributed by atoms with Gasteiger partial charge in [-0.2, -0.15) is 0 Å². The van der Waals surface area contributed by atoms with E-state index in [-0.39, 0.29) is 0 Å². The Balaban J connectivity index is 2.48. The second-order valence-electron chi connectivity index (χ2n) is 1.74. The molecule has 0 atom stereocenters. The van der Waals surface area contributed by atoms with Crippen LogP contribution in [0.3, 0.4) is 0 Å². The number of aromatic nitrogens is 5. The Labute approximate surface area is 56.5 Å². The molecule has 0 aromatic carbocycles. The van der Waals surface area contributed by atoms with Gasteiger partial charge in [0.25, 0.3) is 0 Å². The average molecular weight is 134 g/mol. The summed E-state index contributed by atoms with van der Waals surface area (Å²) in [7, 11) is 0. The lowest BCUT2D eigenvalue weighted by Crippen LogP contribution is -1.78. The molecule has 0 saturated carbocycles. The summed E-state index contributed by atoms with van der Waals surface area (Å²) in [5.41, 5.74) is 0.671. The summed E-state index contributed by atoms with van der Waals surface area (Å²) in [4.78, 5) is 6.85. The minimum Gasteiger partial charge on any atom is -0.343 e. The monoisotopic (exact) mass is 134 g/mol. The van der Waals surface area contributed by atoms with Crippen molar-refractivity contribution in [2.75, 3.05) is 0 Å². The summed E-state index contributed by atoms with van der Waals surface area (Å²) in [5, 5.41) is 9.60. The standard InChI is InChI=1S/C5H4N5/c1-2-7-5(6-1)4-3-8-10-9-4/h1-2H,(H,6,7)(H,8,9,10). The Morgan fingerprint density at radius 1 is 1.50 bits per heavy atom. The number of imidazole rings is 1. The van der Waals surface area contributed by atoms with E-state index in [1.807, 2.05) is 0 Å². The average Bonchev–Trinajstić information content (AvgIpc) is 2.59. The maximum absolute atomic E-state index is 3.96. The van der Waals surface area contributed by atoms with Crippen molar-refractivity contribution in [1.29, 1.82) is 0 Å². The fourth-order valence-electron chi connectivity index (χ4n) is 0.683. The quantitative estimate of drug-likeness (QED) is 0.576. The van der Waals surface area contributed by atoms with Crippen molar-refractivity contribution < 1.29 is 0 Å².